The Morgan fingerprint density at radius 2 is 1.67 bits per heavy atom. The highest BCUT2D eigenvalue weighted by Crippen LogP contribution is 2.31. The first-order valence-corrected chi connectivity index (χ1v) is 6.52. The van der Waals surface area contributed by atoms with Crippen LogP contribution in [0.4, 0.5) is 0 Å². The van der Waals surface area contributed by atoms with Crippen LogP contribution in [0, 0.1) is 0 Å². The maximum Gasteiger partial charge on any atom is 0.260 e. The van der Waals surface area contributed by atoms with Crippen molar-refractivity contribution in [1.29, 1.82) is 0 Å². The van der Waals surface area contributed by atoms with Crippen molar-refractivity contribution in [2.24, 2.45) is 7.05 Å². The molecular weight excluding hydrogens is 268 g/mol. The summed E-state index contributed by atoms with van der Waals surface area (Å²) in [6.07, 6.45) is 0. The van der Waals surface area contributed by atoms with Gasteiger partial charge in [0.25, 0.3) is 5.56 Å². The van der Waals surface area contributed by atoms with Crippen LogP contribution >= 0.6 is 0 Å². The number of H-pyrrole nitrogens is 1. The minimum Gasteiger partial charge on any atom is -0.508 e. The van der Waals surface area contributed by atoms with Crippen LogP contribution < -0.4 is 5.56 Å². The Hall–Kier alpha value is -2.95. The molecule has 0 saturated carbocycles. The van der Waals surface area contributed by atoms with E-state index >= 15 is 0 Å². The lowest BCUT2D eigenvalue weighted by atomic mass is 10.1. The van der Waals surface area contributed by atoms with Gasteiger partial charge in [0.05, 0.1) is 21.9 Å². The van der Waals surface area contributed by atoms with Gasteiger partial charge in [-0.15, -0.1) is 0 Å². The predicted octanol–water partition coefficient (Wildman–Crippen LogP) is 2.58. The molecule has 0 aliphatic carbocycles. The van der Waals surface area contributed by atoms with Crippen LogP contribution in [0.25, 0.3) is 32.7 Å². The van der Waals surface area contributed by atoms with E-state index in [1.807, 2.05) is 0 Å². The summed E-state index contributed by atoms with van der Waals surface area (Å²) in [5.41, 5.74) is 1.94. The number of hydrogen-bond acceptors (Lipinski definition) is 3. The Bertz CT molecular complexity index is 1090. The first-order chi connectivity index (χ1) is 10.1. The minimum atomic E-state index is -0.139. The largest absolute Gasteiger partial charge is 0.508 e. The molecule has 4 aromatic rings. The van der Waals surface area contributed by atoms with E-state index in [1.165, 1.54) is 4.57 Å². The second-order valence-corrected chi connectivity index (χ2v) is 5.17. The Labute approximate surface area is 118 Å². The maximum absolute atomic E-state index is 12.6. The van der Waals surface area contributed by atoms with Gasteiger partial charge in [-0.25, -0.2) is 0 Å². The number of aromatic nitrogens is 2. The quantitative estimate of drug-likeness (QED) is 0.463. The van der Waals surface area contributed by atoms with Gasteiger partial charge >= 0.3 is 0 Å². The molecule has 0 amide bonds. The molecule has 0 aliphatic rings. The highest BCUT2D eigenvalue weighted by atomic mass is 16.3. The minimum absolute atomic E-state index is 0.116. The van der Waals surface area contributed by atoms with Crippen molar-refractivity contribution in [3.05, 3.63) is 46.8 Å². The lowest BCUT2D eigenvalue weighted by Crippen LogP contribution is -2.16. The molecule has 0 saturated heterocycles. The molecule has 4 rings (SSSR count). The van der Waals surface area contributed by atoms with Crippen molar-refractivity contribution < 1.29 is 10.2 Å². The Morgan fingerprint density at radius 1 is 1.00 bits per heavy atom. The molecule has 3 N–H and O–H groups in total. The number of rotatable bonds is 0. The summed E-state index contributed by atoms with van der Waals surface area (Å²) in [5.74, 6) is 0.262. The van der Waals surface area contributed by atoms with E-state index in [1.54, 1.807) is 43.4 Å². The summed E-state index contributed by atoms with van der Waals surface area (Å²) in [7, 11) is 1.68. The summed E-state index contributed by atoms with van der Waals surface area (Å²) in [5, 5.41) is 21.4. The number of benzene rings is 2. The third-order valence-electron chi connectivity index (χ3n) is 3.91. The maximum atomic E-state index is 12.6. The number of pyridine rings is 1. The van der Waals surface area contributed by atoms with Crippen molar-refractivity contribution in [2.75, 3.05) is 0 Å². The standard InChI is InChI=1S/C16H12N2O3/c1-18-13-7-9(20)3-5-11(13)15-14(16(18)21)10-4-2-8(19)6-12(10)17-15/h2-7,17,19-20H,1H3. The molecule has 2 aromatic heterocycles. The van der Waals surface area contributed by atoms with Crippen LogP contribution in [0.2, 0.25) is 0 Å². The monoisotopic (exact) mass is 280 g/mol. The van der Waals surface area contributed by atoms with Crippen LogP contribution in [-0.4, -0.2) is 19.8 Å². The summed E-state index contributed by atoms with van der Waals surface area (Å²) in [4.78, 5) is 15.8. The number of fused-ring (bicyclic) bond motifs is 5. The summed E-state index contributed by atoms with van der Waals surface area (Å²) in [6.45, 7) is 0. The molecule has 0 aliphatic heterocycles. The summed E-state index contributed by atoms with van der Waals surface area (Å²) >= 11 is 0. The molecule has 0 bridgehead atoms. The number of phenols is 2. The number of aromatic amines is 1. The number of hydrogen-bond donors (Lipinski definition) is 3. The van der Waals surface area contributed by atoms with E-state index in [0.29, 0.717) is 21.9 Å². The molecule has 0 unspecified atom stereocenters. The van der Waals surface area contributed by atoms with Gasteiger partial charge in [0, 0.05) is 30.0 Å². The lowest BCUT2D eigenvalue weighted by molar-refractivity contribution is 0.475. The average molecular weight is 280 g/mol. The van der Waals surface area contributed by atoms with Gasteiger partial charge < -0.3 is 19.8 Å². The zero-order chi connectivity index (χ0) is 14.7. The SMILES string of the molecule is Cn1c(=O)c2c3ccc(O)cc3[nH]c2c2ccc(O)cc21. The Morgan fingerprint density at radius 3 is 2.43 bits per heavy atom. The molecule has 5 nitrogen and oxygen atoms in total. The molecule has 0 atom stereocenters. The first kappa shape index (κ1) is 11.8. The smallest absolute Gasteiger partial charge is 0.260 e. The summed E-state index contributed by atoms with van der Waals surface area (Å²) in [6, 6.07) is 9.84. The number of aromatic hydroxyl groups is 2. The predicted molar refractivity (Wildman–Crippen MR) is 81.9 cm³/mol. The van der Waals surface area contributed by atoms with E-state index in [-0.39, 0.29) is 17.1 Å². The van der Waals surface area contributed by atoms with Crippen LogP contribution in [0.15, 0.2) is 41.2 Å². The van der Waals surface area contributed by atoms with E-state index in [9.17, 15) is 15.0 Å². The number of aryl methyl sites for hydroxylation is 1. The molecule has 5 heteroatoms. The van der Waals surface area contributed by atoms with Crippen molar-refractivity contribution in [2.45, 2.75) is 0 Å². The fourth-order valence-electron chi connectivity index (χ4n) is 2.90. The van der Waals surface area contributed by atoms with Gasteiger partial charge in [-0.1, -0.05) is 0 Å². The van der Waals surface area contributed by atoms with E-state index < -0.39 is 0 Å². The summed E-state index contributed by atoms with van der Waals surface area (Å²) < 4.78 is 1.53. The fraction of sp³-hybridized carbons (Fsp3) is 0.0625. The second-order valence-electron chi connectivity index (χ2n) is 5.17. The normalized spacial score (nSPS) is 11.7. The zero-order valence-corrected chi connectivity index (χ0v) is 11.2. The Balaban J connectivity index is 2.37. The molecule has 0 radical (unpaired) electrons. The highest BCUT2D eigenvalue weighted by Gasteiger charge is 2.14. The third-order valence-corrected chi connectivity index (χ3v) is 3.91. The third kappa shape index (κ3) is 1.48. The highest BCUT2D eigenvalue weighted by molar-refractivity contribution is 6.16. The van der Waals surface area contributed by atoms with Crippen molar-refractivity contribution in [1.82, 2.24) is 9.55 Å². The second kappa shape index (κ2) is 3.79. The van der Waals surface area contributed by atoms with Gasteiger partial charge in [-0.3, -0.25) is 4.79 Å². The van der Waals surface area contributed by atoms with Crippen LogP contribution in [0.1, 0.15) is 0 Å². The molecule has 21 heavy (non-hydrogen) atoms. The van der Waals surface area contributed by atoms with Crippen molar-refractivity contribution in [3.63, 3.8) is 0 Å². The van der Waals surface area contributed by atoms with E-state index in [0.717, 1.165) is 10.8 Å². The van der Waals surface area contributed by atoms with E-state index in [4.69, 9.17) is 0 Å². The number of nitrogens with one attached hydrogen (secondary N) is 1. The molecular formula is C16H12N2O3. The molecule has 104 valence electrons. The van der Waals surface area contributed by atoms with Gasteiger partial charge in [0.1, 0.15) is 11.5 Å². The lowest BCUT2D eigenvalue weighted by Gasteiger charge is -2.06. The average Bonchev–Trinajstić information content (AvgIpc) is 2.83. The molecule has 2 aromatic carbocycles. The fourth-order valence-corrected chi connectivity index (χ4v) is 2.90. The van der Waals surface area contributed by atoms with Crippen LogP contribution in [-0.2, 0) is 7.05 Å². The van der Waals surface area contributed by atoms with Gasteiger partial charge in [-0.05, 0) is 24.3 Å². The van der Waals surface area contributed by atoms with Gasteiger partial charge in [-0.2, -0.15) is 0 Å². The van der Waals surface area contributed by atoms with Gasteiger partial charge in [0.15, 0.2) is 0 Å². The topological polar surface area (TPSA) is 78.2 Å². The van der Waals surface area contributed by atoms with Gasteiger partial charge in [0.2, 0.25) is 0 Å². The zero-order valence-electron chi connectivity index (χ0n) is 11.2. The Kier molecular flexibility index (Phi) is 2.14. The van der Waals surface area contributed by atoms with Crippen molar-refractivity contribution in [3.8, 4) is 11.5 Å². The van der Waals surface area contributed by atoms with Crippen LogP contribution in [0.3, 0.4) is 0 Å². The molecule has 0 spiro atoms. The molecule has 2 heterocycles. The number of phenolic OH excluding ortho intramolecular Hbond substituents is 2. The van der Waals surface area contributed by atoms with Crippen molar-refractivity contribution >= 4 is 32.7 Å². The number of nitrogens with zero attached hydrogens (tertiary/aromatic N) is 1. The van der Waals surface area contributed by atoms with E-state index in [2.05, 4.69) is 4.98 Å². The first-order valence-electron chi connectivity index (χ1n) is 6.52. The van der Waals surface area contributed by atoms with Crippen LogP contribution in [0.5, 0.6) is 11.5 Å². The molecule has 0 fully saturated rings.